The zero-order valence-electron chi connectivity index (χ0n) is 17.6. The Balaban J connectivity index is 1.70. The first-order valence-electron chi connectivity index (χ1n) is 10.0. The van der Waals surface area contributed by atoms with Gasteiger partial charge in [-0.1, -0.05) is 30.4 Å². The first-order valence-corrected chi connectivity index (χ1v) is 10.0. The van der Waals surface area contributed by atoms with Gasteiger partial charge in [-0.25, -0.2) is 4.79 Å². The number of aliphatic hydroxyl groups is 1. The van der Waals surface area contributed by atoms with Crippen LogP contribution in [0.25, 0.3) is 6.08 Å². The van der Waals surface area contributed by atoms with Gasteiger partial charge in [0.2, 0.25) is 0 Å². The summed E-state index contributed by atoms with van der Waals surface area (Å²) in [6.45, 7) is 6.05. The molecule has 0 saturated carbocycles. The lowest BCUT2D eigenvalue weighted by Gasteiger charge is -2.45. The van der Waals surface area contributed by atoms with Crippen LogP contribution >= 0.6 is 0 Å². The van der Waals surface area contributed by atoms with Crippen LogP contribution in [-0.4, -0.2) is 54.6 Å². The van der Waals surface area contributed by atoms with Crippen LogP contribution in [0.1, 0.15) is 38.3 Å². The molecular weight excluding hydrogens is 370 g/mol. The molecule has 1 aromatic carbocycles. The van der Waals surface area contributed by atoms with Crippen molar-refractivity contribution in [2.75, 3.05) is 20.7 Å². The lowest BCUT2D eigenvalue weighted by atomic mass is 9.59. The molecule has 1 amide bonds. The fourth-order valence-corrected chi connectivity index (χ4v) is 4.75. The summed E-state index contributed by atoms with van der Waals surface area (Å²) in [7, 11) is 3.37. The van der Waals surface area contributed by atoms with Gasteiger partial charge in [-0.2, -0.15) is 0 Å². The Morgan fingerprint density at radius 1 is 1.28 bits per heavy atom. The normalized spacial score (nSPS) is 28.6. The quantitative estimate of drug-likeness (QED) is 0.785. The molecule has 0 aromatic heterocycles. The lowest BCUT2D eigenvalue weighted by Crippen LogP contribution is -2.54. The van der Waals surface area contributed by atoms with E-state index in [1.807, 2.05) is 39.0 Å². The molecule has 6 heteroatoms. The number of allylic oxidation sites excluding steroid dienone is 2. The molecule has 4 rings (SSSR count). The van der Waals surface area contributed by atoms with Crippen molar-refractivity contribution in [1.82, 2.24) is 4.90 Å². The minimum absolute atomic E-state index is 0.0730. The van der Waals surface area contributed by atoms with Crippen molar-refractivity contribution in [1.29, 1.82) is 0 Å². The third-order valence-electron chi connectivity index (χ3n) is 6.06. The fourth-order valence-electron chi connectivity index (χ4n) is 4.75. The second-order valence-electron chi connectivity index (χ2n) is 9.05. The third-order valence-corrected chi connectivity index (χ3v) is 6.06. The van der Waals surface area contributed by atoms with Gasteiger partial charge in [-0.05, 0) is 38.8 Å². The molecule has 4 atom stereocenters. The first kappa shape index (κ1) is 19.8. The summed E-state index contributed by atoms with van der Waals surface area (Å²) >= 11 is 0. The molecule has 1 N–H and O–H groups in total. The van der Waals surface area contributed by atoms with E-state index in [9.17, 15) is 9.90 Å². The fraction of sp³-hybridized carbons (Fsp3) is 0.522. The number of hydrogen-bond acceptors (Lipinski definition) is 5. The van der Waals surface area contributed by atoms with Crippen LogP contribution in [0.15, 0.2) is 30.4 Å². The number of hydrogen-bond donors (Lipinski definition) is 1. The van der Waals surface area contributed by atoms with Crippen LogP contribution in [0.2, 0.25) is 0 Å². The highest BCUT2D eigenvalue weighted by molar-refractivity contribution is 5.72. The lowest BCUT2D eigenvalue weighted by molar-refractivity contribution is 0.00232. The number of aliphatic hydroxyl groups excluding tert-OH is 1. The van der Waals surface area contributed by atoms with Crippen LogP contribution in [0.5, 0.6) is 11.5 Å². The van der Waals surface area contributed by atoms with Gasteiger partial charge in [0.05, 0.1) is 12.5 Å². The van der Waals surface area contributed by atoms with E-state index >= 15 is 0 Å². The Morgan fingerprint density at radius 2 is 2.03 bits per heavy atom. The Bertz CT molecular complexity index is 884. The van der Waals surface area contributed by atoms with Gasteiger partial charge in [0.15, 0.2) is 11.5 Å². The van der Waals surface area contributed by atoms with Crippen molar-refractivity contribution in [2.45, 2.75) is 50.4 Å². The average molecular weight is 399 g/mol. The molecule has 0 spiro atoms. The number of carbonyl (C=O) groups is 1. The highest BCUT2D eigenvalue weighted by Crippen LogP contribution is 2.59. The second-order valence-corrected chi connectivity index (χ2v) is 9.05. The molecule has 29 heavy (non-hydrogen) atoms. The number of nitrogens with zero attached hydrogens (tertiary/aromatic N) is 1. The molecule has 0 fully saturated rings. The molecule has 1 aromatic rings. The van der Waals surface area contributed by atoms with Gasteiger partial charge in [0.1, 0.15) is 17.8 Å². The second kappa shape index (κ2) is 6.80. The SMILES string of the molecule is COc1ccc2c3c1O[C@H]1[C@H](O)C=C[C@@H](C=C2)[C@@]31CCN(C)C(=O)OC(C)(C)C. The molecule has 1 aliphatic heterocycles. The van der Waals surface area contributed by atoms with Crippen LogP contribution in [0, 0.1) is 5.92 Å². The van der Waals surface area contributed by atoms with E-state index in [2.05, 4.69) is 12.2 Å². The molecular formula is C23H29NO5. The van der Waals surface area contributed by atoms with Gasteiger partial charge in [-0.15, -0.1) is 0 Å². The van der Waals surface area contributed by atoms with E-state index in [0.717, 1.165) is 11.1 Å². The largest absolute Gasteiger partial charge is 0.493 e. The summed E-state index contributed by atoms with van der Waals surface area (Å²) < 4.78 is 17.4. The number of rotatable bonds is 4. The predicted octanol–water partition coefficient (Wildman–Crippen LogP) is 3.52. The standard InChI is InChI=1S/C23H29NO5/c1-22(2,3)29-21(26)24(4)13-12-23-15-8-6-14-7-11-17(27-5)19(18(14)23)28-20(23)16(25)10-9-15/h6-11,15-16,20,25H,12-13H2,1-5H3/t15-,16-,20+,23+/m1/s1. The molecule has 6 nitrogen and oxygen atoms in total. The Hall–Kier alpha value is -2.47. The van der Waals surface area contributed by atoms with E-state index in [1.165, 1.54) is 0 Å². The predicted molar refractivity (Wildman–Crippen MR) is 110 cm³/mol. The van der Waals surface area contributed by atoms with Crippen molar-refractivity contribution in [3.8, 4) is 11.5 Å². The van der Waals surface area contributed by atoms with Gasteiger partial charge in [0.25, 0.3) is 0 Å². The van der Waals surface area contributed by atoms with Gasteiger partial charge >= 0.3 is 6.09 Å². The number of ether oxygens (including phenoxy) is 3. The number of benzene rings is 1. The minimum atomic E-state index is -0.727. The smallest absolute Gasteiger partial charge is 0.410 e. The van der Waals surface area contributed by atoms with Crippen LogP contribution in [0.4, 0.5) is 4.79 Å². The van der Waals surface area contributed by atoms with E-state index < -0.39 is 23.2 Å². The van der Waals surface area contributed by atoms with E-state index in [-0.39, 0.29) is 12.0 Å². The van der Waals surface area contributed by atoms with Gasteiger partial charge in [0, 0.05) is 25.1 Å². The van der Waals surface area contributed by atoms with E-state index in [1.54, 1.807) is 25.1 Å². The minimum Gasteiger partial charge on any atom is -0.493 e. The summed E-state index contributed by atoms with van der Waals surface area (Å²) in [5.41, 5.74) is 1.13. The zero-order chi connectivity index (χ0) is 21.0. The molecule has 0 radical (unpaired) electrons. The monoisotopic (exact) mass is 399 g/mol. The molecule has 0 unspecified atom stereocenters. The van der Waals surface area contributed by atoms with Crippen molar-refractivity contribution in [2.24, 2.45) is 5.92 Å². The van der Waals surface area contributed by atoms with Crippen LogP contribution < -0.4 is 9.47 Å². The van der Waals surface area contributed by atoms with Crippen LogP contribution in [-0.2, 0) is 10.2 Å². The highest BCUT2D eigenvalue weighted by Gasteiger charge is 2.59. The Morgan fingerprint density at radius 3 is 2.72 bits per heavy atom. The summed E-state index contributed by atoms with van der Waals surface area (Å²) in [5.74, 6) is 1.44. The zero-order valence-corrected chi connectivity index (χ0v) is 17.6. The van der Waals surface area contributed by atoms with Crippen molar-refractivity contribution in [3.05, 3.63) is 41.5 Å². The molecule has 2 aliphatic carbocycles. The summed E-state index contributed by atoms with van der Waals surface area (Å²) in [6, 6.07) is 3.93. The number of methoxy groups -OCH3 is 1. The van der Waals surface area contributed by atoms with Crippen molar-refractivity contribution in [3.63, 3.8) is 0 Å². The number of carbonyl (C=O) groups excluding carboxylic acids is 1. The summed E-state index contributed by atoms with van der Waals surface area (Å²) in [6.07, 6.45) is 7.24. The first-order chi connectivity index (χ1) is 13.7. The Labute approximate surface area is 171 Å². The van der Waals surface area contributed by atoms with E-state index in [0.29, 0.717) is 24.5 Å². The molecule has 0 bridgehead atoms. The molecule has 156 valence electrons. The third kappa shape index (κ3) is 3.10. The molecule has 1 heterocycles. The highest BCUT2D eigenvalue weighted by atomic mass is 16.6. The number of amides is 1. The summed E-state index contributed by atoms with van der Waals surface area (Å²) in [5, 5.41) is 10.8. The van der Waals surface area contributed by atoms with Gasteiger partial charge in [-0.3, -0.25) is 0 Å². The Kier molecular flexibility index (Phi) is 4.65. The maximum atomic E-state index is 12.5. The maximum absolute atomic E-state index is 12.5. The molecule has 3 aliphatic rings. The molecule has 0 saturated heterocycles. The van der Waals surface area contributed by atoms with Crippen molar-refractivity contribution >= 4 is 12.2 Å². The maximum Gasteiger partial charge on any atom is 0.410 e. The average Bonchev–Trinajstić information content (AvgIpc) is 3.02. The van der Waals surface area contributed by atoms with Crippen LogP contribution in [0.3, 0.4) is 0 Å². The van der Waals surface area contributed by atoms with E-state index in [4.69, 9.17) is 14.2 Å². The van der Waals surface area contributed by atoms with Crippen molar-refractivity contribution < 1.29 is 24.1 Å². The summed E-state index contributed by atoms with van der Waals surface area (Å²) in [4.78, 5) is 14.1. The van der Waals surface area contributed by atoms with Gasteiger partial charge < -0.3 is 24.2 Å². The topological polar surface area (TPSA) is 68.2 Å².